The Morgan fingerprint density at radius 3 is 2.00 bits per heavy atom. The highest BCUT2D eigenvalue weighted by Crippen LogP contribution is 1.92. The first-order chi connectivity index (χ1) is 3.85. The summed E-state index contributed by atoms with van der Waals surface area (Å²) in [5.74, 6) is 0. The Morgan fingerprint density at radius 1 is 1.38 bits per heavy atom. The highest BCUT2D eigenvalue weighted by Gasteiger charge is 1.77. The molecule has 0 rings (SSSR count). The van der Waals surface area contributed by atoms with Crippen LogP contribution in [0.5, 0.6) is 0 Å². The van der Waals surface area contributed by atoms with Crippen LogP contribution in [0.2, 0.25) is 0 Å². The fourth-order valence-electron chi connectivity index (χ4n) is 0.269. The predicted molar refractivity (Wildman–Crippen MR) is 34.2 cm³/mol. The molecule has 8 heavy (non-hydrogen) atoms. The fraction of sp³-hybridized carbons (Fsp3) is 0. The van der Waals surface area contributed by atoms with E-state index < -0.39 is 0 Å². The van der Waals surface area contributed by atoms with Crippen LogP contribution in [0.4, 0.5) is 0 Å². The molecule has 0 unspecified atom stereocenters. The molecule has 0 saturated carbocycles. The molecule has 0 bridgehead atoms. The third-order valence-electron chi connectivity index (χ3n) is 0.697. The molecule has 0 aromatic heterocycles. The maximum atomic E-state index is 9.64. The van der Waals surface area contributed by atoms with Crippen molar-refractivity contribution in [2.75, 3.05) is 0 Å². The lowest BCUT2D eigenvalue weighted by atomic mass is 10.2. The first-order valence-corrected chi connectivity index (χ1v) is 2.18. The average Bonchev–Trinajstić information content (AvgIpc) is 1.83. The minimum Gasteiger partial charge on any atom is -0.286 e. The van der Waals surface area contributed by atoms with Gasteiger partial charge in [-0.1, -0.05) is 25.3 Å². The molecule has 0 fully saturated rings. The standard InChI is InChI=1S/C7H7O/c1-3-7(4-2)5-6-8/h3-5H,1-2H2. The molecule has 0 N–H and O–H groups in total. The summed E-state index contributed by atoms with van der Waals surface area (Å²) >= 11 is 0. The maximum absolute atomic E-state index is 9.64. The summed E-state index contributed by atoms with van der Waals surface area (Å²) in [5, 5.41) is 0. The minimum atomic E-state index is 0.694. The van der Waals surface area contributed by atoms with E-state index in [1.807, 2.05) is 0 Å². The molecule has 0 saturated heterocycles. The second-order valence-electron chi connectivity index (χ2n) is 1.17. The molecule has 0 aromatic carbocycles. The number of hydrogen-bond acceptors (Lipinski definition) is 1. The quantitative estimate of drug-likeness (QED) is 0.393. The first kappa shape index (κ1) is 6.89. The fourth-order valence-corrected chi connectivity index (χ4v) is 0.269. The monoisotopic (exact) mass is 107 g/mol. The SMILES string of the molecule is C=CC(C=C)=C[C]=O. The van der Waals surface area contributed by atoms with Crippen LogP contribution in [-0.2, 0) is 4.79 Å². The molecule has 0 amide bonds. The van der Waals surface area contributed by atoms with Gasteiger partial charge in [0, 0.05) is 0 Å². The Balaban J connectivity index is 4.05. The Bertz CT molecular complexity index is 121. The van der Waals surface area contributed by atoms with Gasteiger partial charge in [-0.05, 0) is 11.6 Å². The molecular weight excluding hydrogens is 100 g/mol. The molecule has 0 aromatic rings. The van der Waals surface area contributed by atoms with E-state index in [0.717, 1.165) is 0 Å². The van der Waals surface area contributed by atoms with Gasteiger partial charge in [-0.3, -0.25) is 4.79 Å². The van der Waals surface area contributed by atoms with E-state index in [4.69, 9.17) is 0 Å². The number of allylic oxidation sites excluding steroid dienone is 4. The van der Waals surface area contributed by atoms with Crippen LogP contribution in [0.1, 0.15) is 0 Å². The largest absolute Gasteiger partial charge is 0.286 e. The highest BCUT2D eigenvalue weighted by atomic mass is 16.1. The van der Waals surface area contributed by atoms with Crippen LogP contribution in [0.3, 0.4) is 0 Å². The topological polar surface area (TPSA) is 17.1 Å². The Hall–Kier alpha value is -1.11. The second kappa shape index (κ2) is 4.06. The lowest BCUT2D eigenvalue weighted by molar-refractivity contribution is 0.564. The highest BCUT2D eigenvalue weighted by molar-refractivity contribution is 5.69. The summed E-state index contributed by atoms with van der Waals surface area (Å²) in [6.07, 6.45) is 5.97. The number of carbonyl (C=O) groups excluding carboxylic acids is 1. The van der Waals surface area contributed by atoms with Crippen LogP contribution < -0.4 is 0 Å². The van der Waals surface area contributed by atoms with Crippen molar-refractivity contribution in [3.8, 4) is 0 Å². The van der Waals surface area contributed by atoms with Crippen LogP contribution in [0.25, 0.3) is 0 Å². The predicted octanol–water partition coefficient (Wildman–Crippen LogP) is 1.39. The van der Waals surface area contributed by atoms with E-state index in [0.29, 0.717) is 5.57 Å². The molecule has 1 heteroatoms. The lowest BCUT2D eigenvalue weighted by Crippen LogP contribution is -1.68. The number of rotatable bonds is 3. The van der Waals surface area contributed by atoms with Gasteiger partial charge < -0.3 is 0 Å². The third kappa shape index (κ3) is 2.13. The van der Waals surface area contributed by atoms with Gasteiger partial charge in [0.1, 0.15) is 0 Å². The van der Waals surface area contributed by atoms with Crippen LogP contribution in [-0.4, -0.2) is 6.29 Å². The summed E-state index contributed by atoms with van der Waals surface area (Å²) in [7, 11) is 0. The van der Waals surface area contributed by atoms with Crippen LogP contribution >= 0.6 is 0 Å². The molecule has 0 heterocycles. The molecule has 1 radical (unpaired) electrons. The Morgan fingerprint density at radius 2 is 1.88 bits per heavy atom. The summed E-state index contributed by atoms with van der Waals surface area (Å²) in [6, 6.07) is 0. The minimum absolute atomic E-state index is 0.694. The van der Waals surface area contributed by atoms with E-state index in [1.165, 1.54) is 18.2 Å². The van der Waals surface area contributed by atoms with Crippen molar-refractivity contribution >= 4 is 6.29 Å². The zero-order valence-corrected chi connectivity index (χ0v) is 4.55. The zero-order chi connectivity index (χ0) is 6.41. The summed E-state index contributed by atoms with van der Waals surface area (Å²) in [5.41, 5.74) is 0.694. The Kier molecular flexibility index (Phi) is 3.50. The van der Waals surface area contributed by atoms with Gasteiger partial charge in [0.05, 0.1) is 0 Å². The molecular formula is C7H7O. The smallest absolute Gasteiger partial charge is 0.226 e. The summed E-state index contributed by atoms with van der Waals surface area (Å²) < 4.78 is 0. The zero-order valence-electron chi connectivity index (χ0n) is 4.55. The normalized spacial score (nSPS) is 7.00. The lowest BCUT2D eigenvalue weighted by Gasteiger charge is -1.81. The van der Waals surface area contributed by atoms with E-state index in [9.17, 15) is 4.79 Å². The first-order valence-electron chi connectivity index (χ1n) is 2.18. The second-order valence-corrected chi connectivity index (χ2v) is 1.17. The van der Waals surface area contributed by atoms with Gasteiger partial charge in [-0.25, -0.2) is 0 Å². The van der Waals surface area contributed by atoms with Gasteiger partial charge in [-0.15, -0.1) is 0 Å². The summed E-state index contributed by atoms with van der Waals surface area (Å²) in [4.78, 5) is 9.64. The number of hydrogen-bond donors (Lipinski definition) is 0. The van der Waals surface area contributed by atoms with Crippen LogP contribution in [0.15, 0.2) is 37.0 Å². The van der Waals surface area contributed by atoms with Gasteiger partial charge in [-0.2, -0.15) is 0 Å². The molecule has 1 nitrogen and oxygen atoms in total. The van der Waals surface area contributed by atoms with Crippen molar-refractivity contribution in [1.29, 1.82) is 0 Å². The molecule has 0 atom stereocenters. The molecule has 0 aliphatic carbocycles. The van der Waals surface area contributed by atoms with E-state index >= 15 is 0 Å². The van der Waals surface area contributed by atoms with E-state index in [2.05, 4.69) is 13.2 Å². The van der Waals surface area contributed by atoms with Gasteiger partial charge >= 0.3 is 0 Å². The third-order valence-corrected chi connectivity index (χ3v) is 0.697. The van der Waals surface area contributed by atoms with Crippen molar-refractivity contribution < 1.29 is 4.79 Å². The van der Waals surface area contributed by atoms with Gasteiger partial charge in [0.25, 0.3) is 0 Å². The molecule has 41 valence electrons. The molecule has 0 aliphatic rings. The van der Waals surface area contributed by atoms with Crippen LogP contribution in [0, 0.1) is 0 Å². The summed E-state index contributed by atoms with van der Waals surface area (Å²) in [6.45, 7) is 6.86. The average molecular weight is 107 g/mol. The van der Waals surface area contributed by atoms with Crippen molar-refractivity contribution in [2.45, 2.75) is 0 Å². The van der Waals surface area contributed by atoms with Crippen molar-refractivity contribution in [3.63, 3.8) is 0 Å². The van der Waals surface area contributed by atoms with Gasteiger partial charge in [0.2, 0.25) is 6.29 Å². The Labute approximate surface area is 49.0 Å². The van der Waals surface area contributed by atoms with E-state index in [1.54, 1.807) is 6.29 Å². The van der Waals surface area contributed by atoms with Gasteiger partial charge in [0.15, 0.2) is 0 Å². The van der Waals surface area contributed by atoms with Crippen molar-refractivity contribution in [3.05, 3.63) is 37.0 Å². The molecule has 0 aliphatic heterocycles. The van der Waals surface area contributed by atoms with Crippen molar-refractivity contribution in [1.82, 2.24) is 0 Å². The molecule has 0 spiro atoms. The maximum Gasteiger partial charge on any atom is 0.226 e. The van der Waals surface area contributed by atoms with E-state index in [-0.39, 0.29) is 0 Å². The van der Waals surface area contributed by atoms with Crippen molar-refractivity contribution in [2.24, 2.45) is 0 Å².